The van der Waals surface area contributed by atoms with Crippen LogP contribution in [-0.4, -0.2) is 29.9 Å². The normalized spacial score (nSPS) is 20.6. The Kier molecular flexibility index (Phi) is 6.40. The first kappa shape index (κ1) is 17.0. The number of amides is 1. The molecule has 0 saturated carbocycles. The second-order valence-electron chi connectivity index (χ2n) is 6.71. The SMILES string of the molecule is CC(N)CC(=O)NCc1ccccc1CN1CCCC(C)C1. The Hall–Kier alpha value is -1.39. The molecule has 122 valence electrons. The van der Waals surface area contributed by atoms with Gasteiger partial charge in [-0.15, -0.1) is 0 Å². The largest absolute Gasteiger partial charge is 0.352 e. The van der Waals surface area contributed by atoms with Crippen LogP contribution in [0.25, 0.3) is 0 Å². The van der Waals surface area contributed by atoms with Crippen LogP contribution in [0.15, 0.2) is 24.3 Å². The summed E-state index contributed by atoms with van der Waals surface area (Å²) in [5.74, 6) is 0.808. The molecule has 1 heterocycles. The molecule has 0 spiro atoms. The lowest BCUT2D eigenvalue weighted by Gasteiger charge is -2.31. The van der Waals surface area contributed by atoms with Crippen molar-refractivity contribution in [1.29, 1.82) is 0 Å². The topological polar surface area (TPSA) is 58.4 Å². The Morgan fingerprint density at radius 2 is 2.14 bits per heavy atom. The average Bonchev–Trinajstić information content (AvgIpc) is 2.46. The highest BCUT2D eigenvalue weighted by molar-refractivity contribution is 5.76. The fourth-order valence-corrected chi connectivity index (χ4v) is 3.11. The molecule has 4 nitrogen and oxygen atoms in total. The molecule has 4 heteroatoms. The van der Waals surface area contributed by atoms with Crippen LogP contribution in [0.4, 0.5) is 0 Å². The molecule has 1 aliphatic rings. The Morgan fingerprint density at radius 3 is 2.82 bits per heavy atom. The van der Waals surface area contributed by atoms with E-state index in [9.17, 15) is 4.79 Å². The van der Waals surface area contributed by atoms with Crippen LogP contribution in [0.2, 0.25) is 0 Å². The Balaban J connectivity index is 1.93. The van der Waals surface area contributed by atoms with E-state index in [2.05, 4.69) is 35.3 Å². The van der Waals surface area contributed by atoms with E-state index in [1.807, 2.05) is 13.0 Å². The minimum atomic E-state index is -0.0925. The number of piperidine rings is 1. The summed E-state index contributed by atoms with van der Waals surface area (Å²) >= 11 is 0. The summed E-state index contributed by atoms with van der Waals surface area (Å²) in [6, 6.07) is 8.30. The van der Waals surface area contributed by atoms with E-state index in [4.69, 9.17) is 5.73 Å². The van der Waals surface area contributed by atoms with Crippen molar-refractivity contribution in [2.24, 2.45) is 11.7 Å². The van der Waals surface area contributed by atoms with Gasteiger partial charge in [0.1, 0.15) is 0 Å². The van der Waals surface area contributed by atoms with Gasteiger partial charge < -0.3 is 11.1 Å². The summed E-state index contributed by atoms with van der Waals surface area (Å²) < 4.78 is 0. The molecule has 0 radical (unpaired) electrons. The molecule has 1 amide bonds. The van der Waals surface area contributed by atoms with Crippen molar-refractivity contribution in [2.75, 3.05) is 13.1 Å². The van der Waals surface area contributed by atoms with Gasteiger partial charge in [0.2, 0.25) is 5.91 Å². The number of nitrogens with zero attached hydrogens (tertiary/aromatic N) is 1. The lowest BCUT2D eigenvalue weighted by Crippen LogP contribution is -2.34. The van der Waals surface area contributed by atoms with E-state index in [1.54, 1.807) is 0 Å². The van der Waals surface area contributed by atoms with E-state index in [0.29, 0.717) is 13.0 Å². The van der Waals surface area contributed by atoms with Gasteiger partial charge in [0.25, 0.3) is 0 Å². The third-order valence-corrected chi connectivity index (χ3v) is 4.24. The number of nitrogens with two attached hydrogens (primary N) is 1. The van der Waals surface area contributed by atoms with E-state index < -0.39 is 0 Å². The molecule has 1 saturated heterocycles. The van der Waals surface area contributed by atoms with Crippen molar-refractivity contribution in [3.63, 3.8) is 0 Å². The minimum Gasteiger partial charge on any atom is -0.352 e. The van der Waals surface area contributed by atoms with Crippen molar-refractivity contribution in [3.8, 4) is 0 Å². The quantitative estimate of drug-likeness (QED) is 0.847. The van der Waals surface area contributed by atoms with Crippen molar-refractivity contribution >= 4 is 5.91 Å². The van der Waals surface area contributed by atoms with Crippen LogP contribution in [0.3, 0.4) is 0 Å². The molecule has 2 unspecified atom stereocenters. The summed E-state index contributed by atoms with van der Waals surface area (Å²) in [6.45, 7) is 8.09. The predicted octanol–water partition coefficient (Wildman–Crippen LogP) is 2.27. The van der Waals surface area contributed by atoms with Crippen molar-refractivity contribution in [1.82, 2.24) is 10.2 Å². The molecule has 0 aliphatic carbocycles. The molecule has 22 heavy (non-hydrogen) atoms. The fraction of sp³-hybridized carbons (Fsp3) is 0.611. The number of nitrogens with one attached hydrogen (secondary N) is 1. The molecule has 2 rings (SSSR count). The van der Waals surface area contributed by atoms with Gasteiger partial charge in [-0.05, 0) is 43.4 Å². The first-order chi connectivity index (χ1) is 10.5. The summed E-state index contributed by atoms with van der Waals surface area (Å²) in [7, 11) is 0. The highest BCUT2D eigenvalue weighted by Gasteiger charge is 2.17. The molecule has 1 fully saturated rings. The van der Waals surface area contributed by atoms with Crippen LogP contribution in [-0.2, 0) is 17.9 Å². The zero-order chi connectivity index (χ0) is 15.9. The van der Waals surface area contributed by atoms with Crippen molar-refractivity contribution in [2.45, 2.75) is 52.2 Å². The minimum absolute atomic E-state index is 0.0244. The second kappa shape index (κ2) is 8.30. The standard InChI is InChI=1S/C18H29N3O/c1-14-6-5-9-21(12-14)13-17-8-4-3-7-16(17)11-20-18(22)10-15(2)19/h3-4,7-8,14-15H,5-6,9-13,19H2,1-2H3,(H,20,22). The molecule has 1 aromatic rings. The number of carbonyl (C=O) groups is 1. The maximum atomic E-state index is 11.8. The summed E-state index contributed by atoms with van der Waals surface area (Å²) in [5.41, 5.74) is 8.19. The van der Waals surface area contributed by atoms with Crippen LogP contribution in [0, 0.1) is 5.92 Å². The first-order valence-electron chi connectivity index (χ1n) is 8.36. The predicted molar refractivity (Wildman–Crippen MR) is 90.2 cm³/mol. The summed E-state index contributed by atoms with van der Waals surface area (Å²) in [5, 5.41) is 2.98. The summed E-state index contributed by atoms with van der Waals surface area (Å²) in [6.07, 6.45) is 3.01. The lowest BCUT2D eigenvalue weighted by atomic mass is 9.99. The molecule has 3 N–H and O–H groups in total. The van der Waals surface area contributed by atoms with Gasteiger partial charge in [0, 0.05) is 32.1 Å². The number of hydrogen-bond donors (Lipinski definition) is 2. The monoisotopic (exact) mass is 303 g/mol. The Bertz CT molecular complexity index is 487. The number of rotatable bonds is 6. The lowest BCUT2D eigenvalue weighted by molar-refractivity contribution is -0.121. The Labute approximate surface area is 134 Å². The molecule has 1 aromatic carbocycles. The third kappa shape index (κ3) is 5.43. The molecule has 0 aromatic heterocycles. The maximum Gasteiger partial charge on any atom is 0.221 e. The molecular weight excluding hydrogens is 274 g/mol. The average molecular weight is 303 g/mol. The fourth-order valence-electron chi connectivity index (χ4n) is 3.11. The highest BCUT2D eigenvalue weighted by Crippen LogP contribution is 2.19. The molecule has 0 bridgehead atoms. The van der Waals surface area contributed by atoms with Gasteiger partial charge in [-0.1, -0.05) is 31.2 Å². The van der Waals surface area contributed by atoms with E-state index >= 15 is 0 Å². The van der Waals surface area contributed by atoms with Gasteiger partial charge in [-0.25, -0.2) is 0 Å². The first-order valence-corrected chi connectivity index (χ1v) is 8.36. The van der Waals surface area contributed by atoms with Crippen LogP contribution in [0.5, 0.6) is 0 Å². The number of benzene rings is 1. The number of likely N-dealkylation sites (tertiary alicyclic amines) is 1. The van der Waals surface area contributed by atoms with Crippen LogP contribution < -0.4 is 11.1 Å². The second-order valence-corrected chi connectivity index (χ2v) is 6.71. The Morgan fingerprint density at radius 1 is 1.41 bits per heavy atom. The van der Waals surface area contributed by atoms with E-state index in [0.717, 1.165) is 12.5 Å². The zero-order valence-corrected chi connectivity index (χ0v) is 13.8. The van der Waals surface area contributed by atoms with Gasteiger partial charge in [-0.2, -0.15) is 0 Å². The molecular formula is C18H29N3O. The van der Waals surface area contributed by atoms with Crippen molar-refractivity contribution in [3.05, 3.63) is 35.4 Å². The van der Waals surface area contributed by atoms with Gasteiger partial charge in [-0.3, -0.25) is 9.69 Å². The number of hydrogen-bond acceptors (Lipinski definition) is 3. The highest BCUT2D eigenvalue weighted by atomic mass is 16.1. The van der Waals surface area contributed by atoms with Gasteiger partial charge in [0.15, 0.2) is 0 Å². The van der Waals surface area contributed by atoms with Crippen LogP contribution >= 0.6 is 0 Å². The van der Waals surface area contributed by atoms with E-state index in [-0.39, 0.29) is 11.9 Å². The van der Waals surface area contributed by atoms with E-state index in [1.165, 1.54) is 37.1 Å². The maximum absolute atomic E-state index is 11.8. The zero-order valence-electron chi connectivity index (χ0n) is 13.8. The molecule has 1 aliphatic heterocycles. The van der Waals surface area contributed by atoms with Crippen LogP contribution in [0.1, 0.15) is 44.2 Å². The smallest absolute Gasteiger partial charge is 0.221 e. The summed E-state index contributed by atoms with van der Waals surface area (Å²) in [4.78, 5) is 14.3. The van der Waals surface area contributed by atoms with Crippen molar-refractivity contribution < 1.29 is 4.79 Å². The number of carbonyl (C=O) groups excluding carboxylic acids is 1. The third-order valence-electron chi connectivity index (χ3n) is 4.24. The molecule has 2 atom stereocenters. The van der Waals surface area contributed by atoms with Gasteiger partial charge >= 0.3 is 0 Å². The van der Waals surface area contributed by atoms with Gasteiger partial charge in [0.05, 0.1) is 0 Å².